The molecule has 0 aliphatic heterocycles. The maximum Gasteiger partial charge on any atom is 0.250 e. The van der Waals surface area contributed by atoms with E-state index in [-0.39, 0.29) is 12.6 Å². The van der Waals surface area contributed by atoms with E-state index >= 15 is 0 Å². The monoisotopic (exact) mass is 301 g/mol. The first-order chi connectivity index (χ1) is 8.99. The van der Waals surface area contributed by atoms with Gasteiger partial charge in [-0.25, -0.2) is 13.1 Å². The highest BCUT2D eigenvalue weighted by molar-refractivity contribution is 7.91. The normalized spacial score (nSPS) is 30.1. The first-order valence-electron chi connectivity index (χ1n) is 6.72. The van der Waals surface area contributed by atoms with Crippen LogP contribution >= 0.6 is 11.3 Å². The third-order valence-corrected chi connectivity index (χ3v) is 7.64. The molecule has 2 aliphatic carbocycles. The largest absolute Gasteiger partial charge is 0.391 e. The number of aliphatic hydroxyl groups excluding tert-OH is 1. The summed E-state index contributed by atoms with van der Waals surface area (Å²) in [6.07, 6.45) is 4.58. The zero-order valence-corrected chi connectivity index (χ0v) is 12.6. The predicted molar refractivity (Wildman–Crippen MR) is 74.5 cm³/mol. The number of sulfonamides is 1. The fourth-order valence-corrected chi connectivity index (χ4v) is 6.21. The molecule has 3 unspecified atom stereocenters. The summed E-state index contributed by atoms with van der Waals surface area (Å²) in [5.41, 5.74) is 0.848. The summed E-state index contributed by atoms with van der Waals surface area (Å²) in [6, 6.07) is 1.77. The van der Waals surface area contributed by atoms with Gasteiger partial charge in [0.2, 0.25) is 10.0 Å². The van der Waals surface area contributed by atoms with Crippen molar-refractivity contribution < 1.29 is 13.5 Å². The summed E-state index contributed by atoms with van der Waals surface area (Å²) in [6.45, 7) is 1.73. The first-order valence-corrected chi connectivity index (χ1v) is 9.02. The van der Waals surface area contributed by atoms with Gasteiger partial charge in [0.05, 0.1) is 6.61 Å². The van der Waals surface area contributed by atoms with Crippen LogP contribution in [0.25, 0.3) is 0 Å². The average molecular weight is 301 g/mol. The van der Waals surface area contributed by atoms with Gasteiger partial charge in [-0.3, -0.25) is 0 Å². The second-order valence-electron chi connectivity index (χ2n) is 5.73. The van der Waals surface area contributed by atoms with Gasteiger partial charge < -0.3 is 5.11 Å². The molecule has 2 bridgehead atoms. The summed E-state index contributed by atoms with van der Waals surface area (Å²) in [5, 5.41) is 9.16. The van der Waals surface area contributed by atoms with Crippen LogP contribution in [-0.2, 0) is 16.6 Å². The van der Waals surface area contributed by atoms with Crippen molar-refractivity contribution in [2.75, 3.05) is 0 Å². The van der Waals surface area contributed by atoms with Gasteiger partial charge in [-0.05, 0) is 49.7 Å². The molecule has 0 spiro atoms. The highest BCUT2D eigenvalue weighted by atomic mass is 32.2. The van der Waals surface area contributed by atoms with E-state index in [4.69, 9.17) is 5.11 Å². The zero-order chi connectivity index (χ0) is 13.6. The van der Waals surface area contributed by atoms with Crippen LogP contribution in [0.5, 0.6) is 0 Å². The summed E-state index contributed by atoms with van der Waals surface area (Å²) in [7, 11) is -3.42. The van der Waals surface area contributed by atoms with Crippen molar-refractivity contribution in [2.24, 2.45) is 11.8 Å². The van der Waals surface area contributed by atoms with Crippen molar-refractivity contribution in [3.05, 3.63) is 16.5 Å². The lowest BCUT2D eigenvalue weighted by atomic mass is 9.96. The van der Waals surface area contributed by atoms with Gasteiger partial charge in [-0.1, -0.05) is 6.42 Å². The SMILES string of the molecule is Cc1cc(S(=O)(=O)NC2CC3CCC2C3)sc1CO. The van der Waals surface area contributed by atoms with Crippen LogP contribution in [-0.4, -0.2) is 19.6 Å². The summed E-state index contributed by atoms with van der Waals surface area (Å²) < 4.78 is 27.9. The van der Waals surface area contributed by atoms with Gasteiger partial charge in [0.25, 0.3) is 0 Å². The number of fused-ring (bicyclic) bond motifs is 2. The second-order valence-corrected chi connectivity index (χ2v) is 8.81. The minimum Gasteiger partial charge on any atom is -0.391 e. The quantitative estimate of drug-likeness (QED) is 0.894. The van der Waals surface area contributed by atoms with Gasteiger partial charge in [-0.15, -0.1) is 11.3 Å². The zero-order valence-electron chi connectivity index (χ0n) is 10.9. The molecule has 0 saturated heterocycles. The molecule has 0 aromatic carbocycles. The van der Waals surface area contributed by atoms with Crippen LogP contribution < -0.4 is 4.72 Å². The van der Waals surface area contributed by atoms with E-state index in [1.165, 1.54) is 24.2 Å². The van der Waals surface area contributed by atoms with Gasteiger partial charge in [-0.2, -0.15) is 0 Å². The molecule has 3 atom stereocenters. The minimum atomic E-state index is -3.42. The number of thiophene rings is 1. The second kappa shape index (κ2) is 4.84. The molecule has 4 nitrogen and oxygen atoms in total. The molecule has 19 heavy (non-hydrogen) atoms. The van der Waals surface area contributed by atoms with Crippen LogP contribution in [0, 0.1) is 18.8 Å². The Labute approximate surface area is 117 Å². The van der Waals surface area contributed by atoms with Crippen molar-refractivity contribution in [3.8, 4) is 0 Å². The maximum atomic E-state index is 12.4. The molecule has 1 aromatic heterocycles. The minimum absolute atomic E-state index is 0.0971. The Morgan fingerprint density at radius 2 is 2.21 bits per heavy atom. The van der Waals surface area contributed by atoms with Crippen molar-refractivity contribution in [2.45, 2.75) is 49.5 Å². The molecular weight excluding hydrogens is 282 g/mol. The molecule has 2 fully saturated rings. The molecule has 2 N–H and O–H groups in total. The molecule has 0 amide bonds. The smallest absolute Gasteiger partial charge is 0.250 e. The maximum absolute atomic E-state index is 12.4. The molecule has 1 heterocycles. The van der Waals surface area contributed by atoms with E-state index < -0.39 is 10.0 Å². The lowest BCUT2D eigenvalue weighted by Gasteiger charge is -2.22. The Bertz CT molecular complexity index is 579. The summed E-state index contributed by atoms with van der Waals surface area (Å²) in [4.78, 5) is 0.730. The molecule has 2 saturated carbocycles. The molecular formula is C13H19NO3S2. The Morgan fingerprint density at radius 1 is 1.42 bits per heavy atom. The number of rotatable bonds is 4. The third kappa shape index (κ3) is 2.46. The van der Waals surface area contributed by atoms with Crippen molar-refractivity contribution in [1.82, 2.24) is 4.72 Å². The van der Waals surface area contributed by atoms with E-state index in [9.17, 15) is 8.42 Å². The van der Waals surface area contributed by atoms with Crippen LogP contribution in [0.2, 0.25) is 0 Å². The van der Waals surface area contributed by atoms with Crippen LogP contribution in [0.3, 0.4) is 0 Å². The molecule has 0 radical (unpaired) electrons. The summed E-state index contributed by atoms with van der Waals surface area (Å²) in [5.74, 6) is 1.24. The van der Waals surface area contributed by atoms with Crippen molar-refractivity contribution in [3.63, 3.8) is 0 Å². The Morgan fingerprint density at radius 3 is 2.74 bits per heavy atom. The molecule has 6 heteroatoms. The molecule has 3 rings (SSSR count). The molecule has 106 valence electrons. The number of aryl methyl sites for hydroxylation is 1. The number of hydrogen-bond acceptors (Lipinski definition) is 4. The fourth-order valence-electron chi connectivity index (χ4n) is 3.42. The van der Waals surface area contributed by atoms with E-state index in [0.29, 0.717) is 10.1 Å². The number of hydrogen-bond donors (Lipinski definition) is 2. The molecule has 2 aliphatic rings. The Kier molecular flexibility index (Phi) is 3.45. The average Bonchev–Trinajstić information content (AvgIpc) is 3.02. The van der Waals surface area contributed by atoms with Gasteiger partial charge in [0.1, 0.15) is 4.21 Å². The lowest BCUT2D eigenvalue weighted by molar-refractivity contribution is 0.285. The van der Waals surface area contributed by atoms with Crippen LogP contribution in [0.15, 0.2) is 10.3 Å². The van der Waals surface area contributed by atoms with Crippen molar-refractivity contribution >= 4 is 21.4 Å². The predicted octanol–water partition coefficient (Wildman–Crippen LogP) is 2.02. The van der Waals surface area contributed by atoms with E-state index in [2.05, 4.69) is 4.72 Å². The van der Waals surface area contributed by atoms with Crippen LogP contribution in [0.4, 0.5) is 0 Å². The Hall–Kier alpha value is -0.430. The van der Waals surface area contributed by atoms with E-state index in [1.54, 1.807) is 6.07 Å². The number of nitrogens with one attached hydrogen (secondary N) is 1. The highest BCUT2D eigenvalue weighted by Gasteiger charge is 2.41. The molecule has 1 aromatic rings. The summed E-state index contributed by atoms with van der Waals surface area (Å²) >= 11 is 1.17. The first kappa shape index (κ1) is 13.5. The van der Waals surface area contributed by atoms with Crippen LogP contribution in [0.1, 0.15) is 36.1 Å². The lowest BCUT2D eigenvalue weighted by Crippen LogP contribution is -2.38. The van der Waals surface area contributed by atoms with Crippen molar-refractivity contribution in [1.29, 1.82) is 0 Å². The highest BCUT2D eigenvalue weighted by Crippen LogP contribution is 2.45. The van der Waals surface area contributed by atoms with Gasteiger partial charge in [0, 0.05) is 10.9 Å². The van der Waals surface area contributed by atoms with Gasteiger partial charge in [0.15, 0.2) is 0 Å². The van der Waals surface area contributed by atoms with Gasteiger partial charge >= 0.3 is 0 Å². The van der Waals surface area contributed by atoms with E-state index in [1.807, 2.05) is 6.92 Å². The fraction of sp³-hybridized carbons (Fsp3) is 0.692. The third-order valence-electron chi connectivity index (χ3n) is 4.45. The number of aliphatic hydroxyl groups is 1. The topological polar surface area (TPSA) is 66.4 Å². The standard InChI is InChI=1S/C13H19NO3S2/c1-8-4-13(18-12(8)7-15)19(16,17)14-11-6-9-2-3-10(11)5-9/h4,9-11,14-15H,2-3,5-7H2,1H3. The van der Waals surface area contributed by atoms with E-state index in [0.717, 1.165) is 29.2 Å². The Balaban J connectivity index is 1.78.